The van der Waals surface area contributed by atoms with Gasteiger partial charge in [0, 0.05) is 23.7 Å². The SMILES string of the molecule is Cc1cc(C)cc(C(=O)NC2CC3CCC(C2)N3C=N)c1. The minimum atomic E-state index is 0.0366. The van der Waals surface area contributed by atoms with E-state index in [-0.39, 0.29) is 11.9 Å². The van der Waals surface area contributed by atoms with Crippen molar-refractivity contribution in [3.8, 4) is 0 Å². The molecule has 1 aromatic carbocycles. The monoisotopic (exact) mass is 285 g/mol. The molecule has 2 bridgehead atoms. The fourth-order valence-corrected chi connectivity index (χ4v) is 3.92. The molecule has 2 heterocycles. The summed E-state index contributed by atoms with van der Waals surface area (Å²) in [4.78, 5) is 14.6. The molecule has 2 atom stereocenters. The van der Waals surface area contributed by atoms with Crippen LogP contribution in [0.3, 0.4) is 0 Å². The van der Waals surface area contributed by atoms with E-state index >= 15 is 0 Å². The van der Waals surface area contributed by atoms with Crippen LogP contribution in [0.5, 0.6) is 0 Å². The molecule has 2 N–H and O–H groups in total. The Bertz CT molecular complexity index is 535. The van der Waals surface area contributed by atoms with Gasteiger partial charge in [0.2, 0.25) is 0 Å². The molecule has 2 saturated heterocycles. The summed E-state index contributed by atoms with van der Waals surface area (Å²) in [6.45, 7) is 4.04. The summed E-state index contributed by atoms with van der Waals surface area (Å²) in [5.41, 5.74) is 3.01. The second-order valence-electron chi connectivity index (χ2n) is 6.48. The van der Waals surface area contributed by atoms with Crippen LogP contribution in [0, 0.1) is 19.3 Å². The lowest BCUT2D eigenvalue weighted by Gasteiger charge is -2.37. The third-order valence-corrected chi connectivity index (χ3v) is 4.76. The number of piperidine rings is 1. The lowest BCUT2D eigenvalue weighted by atomic mass is 9.97. The highest BCUT2D eigenvalue weighted by Crippen LogP contribution is 2.34. The number of hydrogen-bond acceptors (Lipinski definition) is 2. The van der Waals surface area contributed by atoms with Crippen molar-refractivity contribution >= 4 is 12.2 Å². The quantitative estimate of drug-likeness (QED) is 0.662. The smallest absolute Gasteiger partial charge is 0.251 e. The van der Waals surface area contributed by atoms with Crippen LogP contribution in [0.15, 0.2) is 18.2 Å². The number of hydrogen-bond donors (Lipinski definition) is 2. The Labute approximate surface area is 126 Å². The minimum Gasteiger partial charge on any atom is -0.357 e. The van der Waals surface area contributed by atoms with E-state index in [1.165, 1.54) is 6.34 Å². The molecule has 0 radical (unpaired) electrons. The molecule has 0 saturated carbocycles. The molecule has 2 fully saturated rings. The van der Waals surface area contributed by atoms with Gasteiger partial charge in [-0.3, -0.25) is 10.2 Å². The van der Waals surface area contributed by atoms with Crippen molar-refractivity contribution in [2.24, 2.45) is 0 Å². The number of carbonyl (C=O) groups excluding carboxylic acids is 1. The molecule has 0 aliphatic carbocycles. The van der Waals surface area contributed by atoms with Gasteiger partial charge in [-0.15, -0.1) is 0 Å². The Morgan fingerprint density at radius 2 is 1.76 bits per heavy atom. The highest BCUT2D eigenvalue weighted by atomic mass is 16.1. The fourth-order valence-electron chi connectivity index (χ4n) is 3.92. The normalized spacial score (nSPS) is 27.5. The van der Waals surface area contributed by atoms with Crippen LogP contribution in [0.25, 0.3) is 0 Å². The van der Waals surface area contributed by atoms with Crippen molar-refractivity contribution in [1.29, 1.82) is 5.41 Å². The molecular weight excluding hydrogens is 262 g/mol. The Morgan fingerprint density at radius 1 is 1.19 bits per heavy atom. The average molecular weight is 285 g/mol. The van der Waals surface area contributed by atoms with Crippen LogP contribution in [0.1, 0.15) is 47.2 Å². The number of benzene rings is 1. The third kappa shape index (κ3) is 2.80. The summed E-state index contributed by atoms with van der Waals surface area (Å²) < 4.78 is 0. The molecule has 2 unspecified atom stereocenters. The molecule has 0 aromatic heterocycles. The van der Waals surface area contributed by atoms with Gasteiger partial charge in [-0.1, -0.05) is 17.2 Å². The van der Waals surface area contributed by atoms with Crippen LogP contribution in [-0.2, 0) is 0 Å². The predicted molar refractivity (Wildman–Crippen MR) is 83.8 cm³/mol. The summed E-state index contributed by atoms with van der Waals surface area (Å²) in [7, 11) is 0. The molecule has 1 amide bonds. The van der Waals surface area contributed by atoms with E-state index in [4.69, 9.17) is 5.41 Å². The molecule has 4 nitrogen and oxygen atoms in total. The maximum Gasteiger partial charge on any atom is 0.251 e. The van der Waals surface area contributed by atoms with Crippen LogP contribution in [0.2, 0.25) is 0 Å². The molecule has 112 valence electrons. The van der Waals surface area contributed by atoms with Crippen molar-refractivity contribution in [2.45, 2.75) is 57.7 Å². The van der Waals surface area contributed by atoms with E-state index in [9.17, 15) is 4.79 Å². The third-order valence-electron chi connectivity index (χ3n) is 4.76. The Morgan fingerprint density at radius 3 is 2.29 bits per heavy atom. The molecular formula is C17H23N3O. The summed E-state index contributed by atoms with van der Waals surface area (Å²) in [5.74, 6) is 0.0366. The summed E-state index contributed by atoms with van der Waals surface area (Å²) >= 11 is 0. The maximum atomic E-state index is 12.4. The van der Waals surface area contributed by atoms with Gasteiger partial charge >= 0.3 is 0 Å². The summed E-state index contributed by atoms with van der Waals surface area (Å²) in [6, 6.07) is 7.09. The number of aryl methyl sites for hydroxylation is 2. The predicted octanol–water partition coefficient (Wildman–Crippen LogP) is 2.64. The molecule has 3 rings (SSSR count). The van der Waals surface area contributed by atoms with Crippen molar-refractivity contribution in [2.75, 3.05) is 0 Å². The van der Waals surface area contributed by atoms with Crippen LogP contribution < -0.4 is 5.32 Å². The van der Waals surface area contributed by atoms with E-state index in [1.54, 1.807) is 0 Å². The second kappa shape index (κ2) is 5.51. The van der Waals surface area contributed by atoms with Gasteiger partial charge in [0.15, 0.2) is 0 Å². The van der Waals surface area contributed by atoms with Crippen molar-refractivity contribution in [1.82, 2.24) is 10.2 Å². The van der Waals surface area contributed by atoms with Crippen LogP contribution in [0.4, 0.5) is 0 Å². The number of fused-ring (bicyclic) bond motifs is 2. The van der Waals surface area contributed by atoms with Gasteiger partial charge in [0.1, 0.15) is 0 Å². The van der Waals surface area contributed by atoms with E-state index in [2.05, 4.69) is 16.3 Å². The zero-order chi connectivity index (χ0) is 15.0. The van der Waals surface area contributed by atoms with Gasteiger partial charge in [-0.05, 0) is 51.7 Å². The molecule has 4 heteroatoms. The number of nitrogens with zero attached hydrogens (tertiary/aromatic N) is 1. The molecule has 2 aliphatic rings. The summed E-state index contributed by atoms with van der Waals surface area (Å²) in [5, 5.41) is 10.7. The number of amides is 1. The first kappa shape index (κ1) is 14.1. The Hall–Kier alpha value is -1.84. The van der Waals surface area contributed by atoms with Crippen molar-refractivity contribution < 1.29 is 4.79 Å². The zero-order valence-electron chi connectivity index (χ0n) is 12.7. The van der Waals surface area contributed by atoms with E-state index < -0.39 is 0 Å². The van der Waals surface area contributed by atoms with Gasteiger partial charge in [0.25, 0.3) is 5.91 Å². The minimum absolute atomic E-state index is 0.0366. The number of carbonyl (C=O) groups is 1. The second-order valence-corrected chi connectivity index (χ2v) is 6.48. The van der Waals surface area contributed by atoms with Gasteiger partial charge < -0.3 is 10.2 Å². The van der Waals surface area contributed by atoms with E-state index in [1.807, 2.05) is 26.0 Å². The highest BCUT2D eigenvalue weighted by Gasteiger charge is 2.39. The molecule has 1 aromatic rings. The molecule has 21 heavy (non-hydrogen) atoms. The molecule has 2 aliphatic heterocycles. The Kier molecular flexibility index (Phi) is 3.70. The van der Waals surface area contributed by atoms with Crippen LogP contribution >= 0.6 is 0 Å². The maximum absolute atomic E-state index is 12.4. The Balaban J connectivity index is 1.67. The van der Waals surface area contributed by atoms with E-state index in [0.29, 0.717) is 12.1 Å². The lowest BCUT2D eigenvalue weighted by Crippen LogP contribution is -2.49. The highest BCUT2D eigenvalue weighted by molar-refractivity contribution is 5.94. The first-order valence-corrected chi connectivity index (χ1v) is 7.74. The molecule has 0 spiro atoms. The van der Waals surface area contributed by atoms with Gasteiger partial charge in [0.05, 0.1) is 6.34 Å². The number of nitrogens with one attached hydrogen (secondary N) is 2. The van der Waals surface area contributed by atoms with Gasteiger partial charge in [-0.25, -0.2) is 0 Å². The lowest BCUT2D eigenvalue weighted by molar-refractivity contribution is 0.0906. The fraction of sp³-hybridized carbons (Fsp3) is 0.529. The number of rotatable bonds is 3. The van der Waals surface area contributed by atoms with Crippen molar-refractivity contribution in [3.63, 3.8) is 0 Å². The standard InChI is InChI=1S/C17H23N3O/c1-11-5-12(2)7-13(6-11)17(21)19-14-8-15-3-4-16(9-14)20(15)10-18/h5-7,10,14-16,18H,3-4,8-9H2,1-2H3,(H,19,21). The zero-order valence-corrected chi connectivity index (χ0v) is 12.7. The summed E-state index contributed by atoms with van der Waals surface area (Å²) in [6.07, 6.45) is 5.70. The first-order chi connectivity index (χ1) is 10.1. The average Bonchev–Trinajstić information content (AvgIpc) is 2.67. The largest absolute Gasteiger partial charge is 0.357 e. The van der Waals surface area contributed by atoms with Crippen LogP contribution in [-0.4, -0.2) is 35.3 Å². The topological polar surface area (TPSA) is 56.2 Å². The van der Waals surface area contributed by atoms with Gasteiger partial charge in [-0.2, -0.15) is 0 Å². The van der Waals surface area contributed by atoms with Crippen molar-refractivity contribution in [3.05, 3.63) is 34.9 Å². The van der Waals surface area contributed by atoms with E-state index in [0.717, 1.165) is 42.4 Å². The first-order valence-electron chi connectivity index (χ1n) is 7.74.